The zero-order valence-corrected chi connectivity index (χ0v) is 18.7. The number of carbonyl (C=O) groups is 2. The Morgan fingerprint density at radius 3 is 2.65 bits per heavy atom. The third-order valence-corrected chi connectivity index (χ3v) is 6.39. The zero-order valence-electron chi connectivity index (χ0n) is 17.9. The Labute approximate surface area is 181 Å². The maximum absolute atomic E-state index is 14.0. The van der Waals surface area contributed by atoms with Crippen molar-refractivity contribution in [1.82, 2.24) is 10.2 Å². The fourth-order valence-corrected chi connectivity index (χ4v) is 4.57. The average molecular weight is 461 g/mol. The number of hydrogen-bond acceptors (Lipinski definition) is 7. The molecule has 11 heteroatoms. The molecule has 0 saturated carbocycles. The fraction of sp³-hybridized carbons (Fsp3) is 0.600. The van der Waals surface area contributed by atoms with Crippen LogP contribution in [0.5, 0.6) is 5.75 Å². The number of imide groups is 1. The van der Waals surface area contributed by atoms with Gasteiger partial charge in [0.25, 0.3) is 0 Å². The summed E-state index contributed by atoms with van der Waals surface area (Å²) in [7, 11) is -3.41. The van der Waals surface area contributed by atoms with Gasteiger partial charge in [0.2, 0.25) is 5.91 Å². The van der Waals surface area contributed by atoms with E-state index in [1.165, 1.54) is 36.9 Å². The number of ether oxygens (including phenoxy) is 2. The lowest BCUT2D eigenvalue weighted by Gasteiger charge is -2.19. The van der Waals surface area contributed by atoms with E-state index in [4.69, 9.17) is 9.47 Å². The number of nitrogens with zero attached hydrogens (tertiary/aromatic N) is 1. The second-order valence-electron chi connectivity index (χ2n) is 8.25. The zero-order chi connectivity index (χ0) is 23.2. The molecule has 1 aromatic rings. The van der Waals surface area contributed by atoms with Crippen LogP contribution in [0.1, 0.15) is 38.7 Å². The van der Waals surface area contributed by atoms with Gasteiger partial charge in [0.15, 0.2) is 21.4 Å². The highest BCUT2D eigenvalue weighted by Gasteiger charge is 2.26. The topological polar surface area (TPSA) is 122 Å². The summed E-state index contributed by atoms with van der Waals surface area (Å²) in [5.41, 5.74) is -0.523. The largest absolute Gasteiger partial charge is 0.488 e. The lowest BCUT2D eigenvalue weighted by molar-refractivity contribution is -0.118. The van der Waals surface area contributed by atoms with E-state index in [-0.39, 0.29) is 50.2 Å². The number of amides is 3. The van der Waals surface area contributed by atoms with E-state index in [2.05, 4.69) is 5.32 Å². The highest BCUT2D eigenvalue weighted by molar-refractivity contribution is 7.91. The smallest absolute Gasteiger partial charge is 0.326 e. The molecule has 1 atom stereocenters. The molecule has 31 heavy (non-hydrogen) atoms. The molecule has 0 unspecified atom stereocenters. The molecular weight excluding hydrogens is 431 g/mol. The Hall–Kier alpha value is -2.24. The van der Waals surface area contributed by atoms with Gasteiger partial charge in [-0.3, -0.25) is 15.0 Å². The van der Waals surface area contributed by atoms with Crippen molar-refractivity contribution >= 4 is 21.8 Å². The SMILES string of the molecule is C[C@@H](CS(=O)(=O)CCCOCN1CC(=O)NC1=O)c1ccc(F)c(OCC(C)(C)O)c1. The minimum absolute atomic E-state index is 0.0401. The Morgan fingerprint density at radius 2 is 2.03 bits per heavy atom. The number of urea groups is 1. The molecule has 1 aliphatic rings. The molecule has 2 N–H and O–H groups in total. The van der Waals surface area contributed by atoms with Crippen LogP contribution in [0.15, 0.2) is 18.2 Å². The van der Waals surface area contributed by atoms with Crippen LogP contribution in [-0.4, -0.2) is 74.0 Å². The van der Waals surface area contributed by atoms with Crippen LogP contribution < -0.4 is 10.1 Å². The number of benzene rings is 1. The summed E-state index contributed by atoms with van der Waals surface area (Å²) in [5, 5.41) is 11.9. The summed E-state index contributed by atoms with van der Waals surface area (Å²) < 4.78 is 49.4. The molecule has 1 fully saturated rings. The summed E-state index contributed by atoms with van der Waals surface area (Å²) in [6.45, 7) is 4.65. The van der Waals surface area contributed by atoms with Gasteiger partial charge >= 0.3 is 6.03 Å². The number of sulfone groups is 1. The van der Waals surface area contributed by atoms with E-state index in [0.717, 1.165) is 0 Å². The maximum atomic E-state index is 14.0. The molecule has 0 radical (unpaired) electrons. The van der Waals surface area contributed by atoms with Crippen LogP contribution in [0, 0.1) is 5.82 Å². The Morgan fingerprint density at radius 1 is 1.32 bits per heavy atom. The second kappa shape index (κ2) is 10.4. The number of hydrogen-bond donors (Lipinski definition) is 2. The van der Waals surface area contributed by atoms with Crippen molar-refractivity contribution in [3.63, 3.8) is 0 Å². The van der Waals surface area contributed by atoms with E-state index >= 15 is 0 Å². The molecule has 0 aromatic heterocycles. The summed E-state index contributed by atoms with van der Waals surface area (Å²) >= 11 is 0. The van der Waals surface area contributed by atoms with Gasteiger partial charge in [0, 0.05) is 6.61 Å². The number of halogens is 1. The normalized spacial score (nSPS) is 15.8. The van der Waals surface area contributed by atoms with Gasteiger partial charge in [-0.15, -0.1) is 0 Å². The number of rotatable bonds is 12. The summed E-state index contributed by atoms with van der Waals surface area (Å²) in [6.07, 6.45) is 0.238. The van der Waals surface area contributed by atoms with E-state index in [0.29, 0.717) is 5.56 Å². The molecule has 2 rings (SSSR count). The molecule has 174 valence electrons. The number of carbonyl (C=O) groups excluding carboxylic acids is 2. The van der Waals surface area contributed by atoms with Gasteiger partial charge in [-0.1, -0.05) is 13.0 Å². The predicted octanol–water partition coefficient (Wildman–Crippen LogP) is 1.41. The third kappa shape index (κ3) is 8.42. The van der Waals surface area contributed by atoms with Crippen LogP contribution in [0.3, 0.4) is 0 Å². The first-order valence-corrected chi connectivity index (χ1v) is 11.7. The molecule has 1 saturated heterocycles. The van der Waals surface area contributed by atoms with Crippen molar-refractivity contribution in [3.8, 4) is 5.75 Å². The van der Waals surface area contributed by atoms with Crippen molar-refractivity contribution in [1.29, 1.82) is 0 Å². The van der Waals surface area contributed by atoms with E-state index in [1.54, 1.807) is 6.92 Å². The predicted molar refractivity (Wildman–Crippen MR) is 111 cm³/mol. The number of nitrogens with one attached hydrogen (secondary N) is 1. The third-order valence-electron chi connectivity index (χ3n) is 4.47. The van der Waals surface area contributed by atoms with Gasteiger partial charge < -0.3 is 14.6 Å². The standard InChI is InChI=1S/C20H29FN2O7S/c1-14(15-5-6-16(21)17(9-15)30-12-20(2,3)26)11-31(27,28)8-4-7-29-13-23-10-18(24)22-19(23)25/h5-6,9,14,26H,4,7-8,10-13H2,1-3H3,(H,22,24,25)/t14-/m0/s1. The monoisotopic (exact) mass is 460 g/mol. The fourth-order valence-electron chi connectivity index (χ4n) is 2.89. The number of aliphatic hydroxyl groups is 1. The van der Waals surface area contributed by atoms with Gasteiger partial charge in [0.05, 0.1) is 17.1 Å². The first-order chi connectivity index (χ1) is 14.4. The minimum Gasteiger partial charge on any atom is -0.488 e. The van der Waals surface area contributed by atoms with Crippen molar-refractivity contribution in [2.75, 3.05) is 38.0 Å². The van der Waals surface area contributed by atoms with Gasteiger partial charge in [-0.2, -0.15) is 0 Å². The molecule has 1 aliphatic heterocycles. The summed E-state index contributed by atoms with van der Waals surface area (Å²) in [4.78, 5) is 23.6. The van der Waals surface area contributed by atoms with E-state index in [1.807, 2.05) is 0 Å². The van der Waals surface area contributed by atoms with Crippen molar-refractivity contribution in [2.45, 2.75) is 38.7 Å². The summed E-state index contributed by atoms with van der Waals surface area (Å²) in [6, 6.07) is 3.65. The van der Waals surface area contributed by atoms with Crippen LogP contribution in [0.2, 0.25) is 0 Å². The molecule has 3 amide bonds. The van der Waals surface area contributed by atoms with Crippen LogP contribution in [0.25, 0.3) is 0 Å². The molecule has 9 nitrogen and oxygen atoms in total. The highest BCUT2D eigenvalue weighted by Crippen LogP contribution is 2.26. The molecular formula is C20H29FN2O7S. The van der Waals surface area contributed by atoms with Crippen LogP contribution in [0.4, 0.5) is 9.18 Å². The quantitative estimate of drug-likeness (QED) is 0.357. The lowest BCUT2D eigenvalue weighted by Crippen LogP contribution is -2.30. The maximum Gasteiger partial charge on any atom is 0.326 e. The molecule has 1 aromatic carbocycles. The average Bonchev–Trinajstić information content (AvgIpc) is 2.96. The lowest BCUT2D eigenvalue weighted by atomic mass is 10.0. The van der Waals surface area contributed by atoms with Crippen molar-refractivity contribution in [3.05, 3.63) is 29.6 Å². The minimum atomic E-state index is -3.41. The van der Waals surface area contributed by atoms with Gasteiger partial charge in [0.1, 0.15) is 19.9 Å². The molecule has 1 heterocycles. The Balaban J connectivity index is 1.81. The van der Waals surface area contributed by atoms with Crippen LogP contribution >= 0.6 is 0 Å². The van der Waals surface area contributed by atoms with Gasteiger partial charge in [-0.25, -0.2) is 17.6 Å². The van der Waals surface area contributed by atoms with Crippen LogP contribution in [-0.2, 0) is 19.4 Å². The Kier molecular flexibility index (Phi) is 8.38. The Bertz CT molecular complexity index is 899. The van der Waals surface area contributed by atoms with E-state index < -0.39 is 39.1 Å². The van der Waals surface area contributed by atoms with Crippen molar-refractivity contribution in [2.24, 2.45) is 0 Å². The summed E-state index contributed by atoms with van der Waals surface area (Å²) in [5.74, 6) is -1.66. The molecule has 0 bridgehead atoms. The molecule has 0 aliphatic carbocycles. The first kappa shape index (κ1) is 25.0. The first-order valence-electron chi connectivity index (χ1n) is 9.88. The van der Waals surface area contributed by atoms with E-state index in [9.17, 15) is 27.5 Å². The molecule has 0 spiro atoms. The second-order valence-corrected chi connectivity index (χ2v) is 10.5. The van der Waals surface area contributed by atoms with Crippen molar-refractivity contribution < 1.29 is 37.0 Å². The van der Waals surface area contributed by atoms with Gasteiger partial charge in [-0.05, 0) is 43.9 Å². The highest BCUT2D eigenvalue weighted by atomic mass is 32.2.